The van der Waals surface area contributed by atoms with Crippen LogP contribution in [0.15, 0.2) is 23.1 Å². The van der Waals surface area contributed by atoms with Gasteiger partial charge in [0, 0.05) is 24.5 Å². The molecule has 1 amide bonds. The fraction of sp³-hybridized carbons (Fsp3) is 0.526. The third-order valence-electron chi connectivity index (χ3n) is 5.07. The van der Waals surface area contributed by atoms with Crippen molar-refractivity contribution < 1.29 is 4.79 Å². The zero-order valence-electron chi connectivity index (χ0n) is 14.6. The summed E-state index contributed by atoms with van der Waals surface area (Å²) in [5.41, 5.74) is 1.48. The molecule has 128 valence electrons. The standard InChI is InChI=1S/C19H25N3O2/c1-4-22-11-15(17(23)14-10-9-13(3)20-18(14)22)19(24)21-16-8-6-5-7-12(16)2/h9-12,16H,4-8H2,1-3H3,(H,21,24). The zero-order valence-corrected chi connectivity index (χ0v) is 14.6. The molecule has 0 radical (unpaired) electrons. The van der Waals surface area contributed by atoms with E-state index in [2.05, 4.69) is 17.2 Å². The van der Waals surface area contributed by atoms with Crippen LogP contribution in [0.4, 0.5) is 0 Å². The van der Waals surface area contributed by atoms with Gasteiger partial charge in [-0.3, -0.25) is 9.59 Å². The molecule has 0 spiro atoms. The second-order valence-corrected chi connectivity index (χ2v) is 6.82. The number of nitrogens with one attached hydrogen (secondary N) is 1. The highest BCUT2D eigenvalue weighted by molar-refractivity contribution is 5.97. The van der Waals surface area contributed by atoms with Gasteiger partial charge in [0.15, 0.2) is 0 Å². The van der Waals surface area contributed by atoms with Gasteiger partial charge in [0.2, 0.25) is 5.43 Å². The van der Waals surface area contributed by atoms with Gasteiger partial charge in [0.25, 0.3) is 5.91 Å². The Kier molecular flexibility index (Phi) is 4.69. The normalized spacial score (nSPS) is 21.0. The SMILES string of the molecule is CCn1cc(C(=O)NC2CCCCC2C)c(=O)c2ccc(C)nc21. The predicted molar refractivity (Wildman–Crippen MR) is 95.3 cm³/mol. The Labute approximate surface area is 142 Å². The highest BCUT2D eigenvalue weighted by Gasteiger charge is 2.25. The average Bonchev–Trinajstić information content (AvgIpc) is 2.57. The van der Waals surface area contributed by atoms with E-state index in [-0.39, 0.29) is 22.9 Å². The first-order valence-electron chi connectivity index (χ1n) is 8.83. The topological polar surface area (TPSA) is 64.0 Å². The lowest BCUT2D eigenvalue weighted by Crippen LogP contribution is -2.42. The Balaban J connectivity index is 1.99. The molecule has 24 heavy (non-hydrogen) atoms. The molecule has 1 aliphatic carbocycles. The molecule has 0 saturated heterocycles. The van der Waals surface area contributed by atoms with Crippen molar-refractivity contribution in [1.29, 1.82) is 0 Å². The van der Waals surface area contributed by atoms with Gasteiger partial charge < -0.3 is 9.88 Å². The van der Waals surface area contributed by atoms with Crippen molar-refractivity contribution in [2.75, 3.05) is 0 Å². The molecule has 1 fully saturated rings. The Morgan fingerprint density at radius 1 is 1.33 bits per heavy atom. The van der Waals surface area contributed by atoms with E-state index in [0.29, 0.717) is 23.5 Å². The minimum Gasteiger partial charge on any atom is -0.349 e. The first kappa shape index (κ1) is 16.7. The Hall–Kier alpha value is -2.17. The monoisotopic (exact) mass is 327 g/mol. The summed E-state index contributed by atoms with van der Waals surface area (Å²) < 4.78 is 1.88. The average molecular weight is 327 g/mol. The number of fused-ring (bicyclic) bond motifs is 1. The Bertz CT molecular complexity index is 825. The number of aryl methyl sites for hydroxylation is 2. The van der Waals surface area contributed by atoms with Gasteiger partial charge in [-0.2, -0.15) is 0 Å². The van der Waals surface area contributed by atoms with E-state index in [1.807, 2.05) is 24.5 Å². The lowest BCUT2D eigenvalue weighted by molar-refractivity contribution is 0.0908. The lowest BCUT2D eigenvalue weighted by atomic mass is 9.86. The van der Waals surface area contributed by atoms with Crippen LogP contribution in [-0.4, -0.2) is 21.5 Å². The van der Waals surface area contributed by atoms with Crippen LogP contribution in [0.3, 0.4) is 0 Å². The molecule has 1 saturated carbocycles. The van der Waals surface area contributed by atoms with Crippen LogP contribution in [-0.2, 0) is 6.54 Å². The summed E-state index contributed by atoms with van der Waals surface area (Å²) in [5, 5.41) is 3.59. The van der Waals surface area contributed by atoms with Crippen molar-refractivity contribution in [1.82, 2.24) is 14.9 Å². The van der Waals surface area contributed by atoms with Gasteiger partial charge in [-0.25, -0.2) is 4.98 Å². The summed E-state index contributed by atoms with van der Waals surface area (Å²) in [7, 11) is 0. The van der Waals surface area contributed by atoms with E-state index in [1.165, 1.54) is 6.42 Å². The molecular formula is C19H25N3O2. The smallest absolute Gasteiger partial charge is 0.257 e. The van der Waals surface area contributed by atoms with E-state index < -0.39 is 0 Å². The van der Waals surface area contributed by atoms with Crippen LogP contribution in [0, 0.1) is 12.8 Å². The van der Waals surface area contributed by atoms with Crippen molar-refractivity contribution in [2.24, 2.45) is 5.92 Å². The van der Waals surface area contributed by atoms with Crippen LogP contribution >= 0.6 is 0 Å². The third-order valence-corrected chi connectivity index (χ3v) is 5.07. The number of amides is 1. The van der Waals surface area contributed by atoms with Crippen molar-refractivity contribution in [3.63, 3.8) is 0 Å². The minimum atomic E-state index is -0.261. The maximum atomic E-state index is 12.8. The van der Waals surface area contributed by atoms with Crippen LogP contribution in [0.5, 0.6) is 0 Å². The van der Waals surface area contributed by atoms with E-state index in [1.54, 1.807) is 12.3 Å². The number of pyridine rings is 2. The number of carbonyl (C=O) groups excluding carboxylic acids is 1. The summed E-state index contributed by atoms with van der Waals surface area (Å²) >= 11 is 0. The Morgan fingerprint density at radius 2 is 2.08 bits per heavy atom. The third kappa shape index (κ3) is 3.07. The van der Waals surface area contributed by atoms with E-state index in [9.17, 15) is 9.59 Å². The zero-order chi connectivity index (χ0) is 17.3. The summed E-state index contributed by atoms with van der Waals surface area (Å²) in [6, 6.07) is 3.74. The van der Waals surface area contributed by atoms with Crippen molar-refractivity contribution in [3.8, 4) is 0 Å². The first-order valence-corrected chi connectivity index (χ1v) is 8.83. The summed E-state index contributed by atoms with van der Waals surface area (Å²) in [6.07, 6.45) is 6.13. The number of hydrogen-bond donors (Lipinski definition) is 1. The van der Waals surface area contributed by atoms with Gasteiger partial charge in [-0.05, 0) is 44.7 Å². The number of nitrogens with zero attached hydrogens (tertiary/aromatic N) is 2. The molecule has 3 rings (SSSR count). The van der Waals surface area contributed by atoms with Crippen LogP contribution in [0.25, 0.3) is 11.0 Å². The Morgan fingerprint density at radius 3 is 2.79 bits per heavy atom. The summed E-state index contributed by atoms with van der Waals surface area (Å²) in [6.45, 7) is 6.71. The number of hydrogen-bond acceptors (Lipinski definition) is 3. The highest BCUT2D eigenvalue weighted by atomic mass is 16.2. The minimum absolute atomic E-state index is 0.160. The summed E-state index contributed by atoms with van der Waals surface area (Å²) in [5.74, 6) is 0.198. The lowest BCUT2D eigenvalue weighted by Gasteiger charge is -2.29. The fourth-order valence-electron chi connectivity index (χ4n) is 3.54. The molecule has 5 heteroatoms. The maximum absolute atomic E-state index is 12.8. The van der Waals surface area contributed by atoms with Gasteiger partial charge in [-0.1, -0.05) is 19.8 Å². The maximum Gasteiger partial charge on any atom is 0.257 e. The molecule has 2 atom stereocenters. The van der Waals surface area contributed by atoms with Crippen molar-refractivity contribution in [2.45, 2.75) is 59.0 Å². The predicted octanol–water partition coefficient (Wildman–Crippen LogP) is 3.03. The molecule has 2 heterocycles. The van der Waals surface area contributed by atoms with Gasteiger partial charge in [0.05, 0.1) is 5.39 Å². The number of rotatable bonds is 3. The molecule has 1 aliphatic rings. The molecule has 2 aromatic rings. The van der Waals surface area contributed by atoms with Gasteiger partial charge in [0.1, 0.15) is 11.2 Å². The van der Waals surface area contributed by atoms with Gasteiger partial charge >= 0.3 is 0 Å². The fourth-order valence-corrected chi connectivity index (χ4v) is 3.54. The van der Waals surface area contributed by atoms with Crippen LogP contribution < -0.4 is 10.7 Å². The number of carbonyl (C=O) groups is 1. The molecule has 2 unspecified atom stereocenters. The molecule has 0 bridgehead atoms. The van der Waals surface area contributed by atoms with E-state index >= 15 is 0 Å². The summed E-state index contributed by atoms with van der Waals surface area (Å²) in [4.78, 5) is 29.9. The van der Waals surface area contributed by atoms with Crippen molar-refractivity contribution in [3.05, 3.63) is 39.8 Å². The largest absolute Gasteiger partial charge is 0.349 e. The molecule has 2 aromatic heterocycles. The van der Waals surface area contributed by atoms with Crippen LogP contribution in [0.1, 0.15) is 55.6 Å². The first-order chi connectivity index (χ1) is 11.5. The highest BCUT2D eigenvalue weighted by Crippen LogP contribution is 2.24. The van der Waals surface area contributed by atoms with E-state index in [0.717, 1.165) is 25.0 Å². The molecule has 0 aliphatic heterocycles. The van der Waals surface area contributed by atoms with Crippen molar-refractivity contribution >= 4 is 16.9 Å². The molecule has 5 nitrogen and oxygen atoms in total. The molecule has 0 aromatic carbocycles. The number of aromatic nitrogens is 2. The second kappa shape index (κ2) is 6.75. The second-order valence-electron chi connectivity index (χ2n) is 6.82. The quantitative estimate of drug-likeness (QED) is 0.942. The van der Waals surface area contributed by atoms with Crippen LogP contribution in [0.2, 0.25) is 0 Å². The van der Waals surface area contributed by atoms with E-state index in [4.69, 9.17) is 0 Å². The molecular weight excluding hydrogens is 302 g/mol. The van der Waals surface area contributed by atoms with Gasteiger partial charge in [-0.15, -0.1) is 0 Å². The molecule has 1 N–H and O–H groups in total.